The lowest BCUT2D eigenvalue weighted by molar-refractivity contribution is 0.182. The highest BCUT2D eigenvalue weighted by Gasteiger charge is 2.19. The van der Waals surface area contributed by atoms with E-state index in [2.05, 4.69) is 10.4 Å². The average molecular weight is 212 g/mol. The highest BCUT2D eigenvalue weighted by Crippen LogP contribution is 2.11. The van der Waals surface area contributed by atoms with Gasteiger partial charge in [-0.2, -0.15) is 5.10 Å². The van der Waals surface area contributed by atoms with Crippen molar-refractivity contribution < 1.29 is 4.74 Å². The summed E-state index contributed by atoms with van der Waals surface area (Å²) in [6, 6.07) is 0.258. The van der Waals surface area contributed by atoms with Crippen LogP contribution in [0.4, 0.5) is 0 Å². The zero-order chi connectivity index (χ0) is 10.7. The Morgan fingerprint density at radius 3 is 3.27 bits per heavy atom. The van der Waals surface area contributed by atoms with Crippen molar-refractivity contribution in [3.05, 3.63) is 16.8 Å². The predicted molar refractivity (Wildman–Crippen MR) is 54.9 cm³/mol. The second-order valence-electron chi connectivity index (χ2n) is 3.68. The van der Waals surface area contributed by atoms with E-state index in [1.165, 1.54) is 4.68 Å². The lowest BCUT2D eigenvalue weighted by Gasteiger charge is -2.06. The molecule has 1 N–H and O–H groups in total. The molecular weight excluding hydrogens is 196 g/mol. The van der Waals surface area contributed by atoms with Crippen LogP contribution in [0.3, 0.4) is 0 Å². The molecule has 0 spiro atoms. The molecule has 2 rings (SSSR count). The van der Waals surface area contributed by atoms with E-state index < -0.39 is 0 Å². The van der Waals surface area contributed by atoms with Crippen molar-refractivity contribution in [1.29, 1.82) is 0 Å². The van der Waals surface area contributed by atoms with Gasteiger partial charge >= 0.3 is 5.69 Å². The summed E-state index contributed by atoms with van der Waals surface area (Å²) in [5.74, 6) is 0. The van der Waals surface area contributed by atoms with Crippen LogP contribution in [0.1, 0.15) is 12.5 Å². The third-order valence-electron chi connectivity index (χ3n) is 2.69. The number of hydrogen-bond donors (Lipinski definition) is 1. The van der Waals surface area contributed by atoms with Crippen LogP contribution in [-0.4, -0.2) is 41.2 Å². The fourth-order valence-electron chi connectivity index (χ4n) is 1.81. The quantitative estimate of drug-likeness (QED) is 0.711. The van der Waals surface area contributed by atoms with Gasteiger partial charge in [0.05, 0.1) is 19.2 Å². The first-order valence-electron chi connectivity index (χ1n) is 5.16. The third kappa shape index (κ3) is 2.10. The van der Waals surface area contributed by atoms with Crippen molar-refractivity contribution in [3.8, 4) is 0 Å². The van der Waals surface area contributed by atoms with Gasteiger partial charge < -0.3 is 10.1 Å². The molecule has 6 heteroatoms. The molecule has 2 heterocycles. The minimum atomic E-state index is -0.0410. The first kappa shape index (κ1) is 10.4. The van der Waals surface area contributed by atoms with Crippen molar-refractivity contribution in [2.45, 2.75) is 19.0 Å². The molecule has 0 radical (unpaired) electrons. The lowest BCUT2D eigenvalue weighted by Crippen LogP contribution is -2.29. The summed E-state index contributed by atoms with van der Waals surface area (Å²) in [4.78, 5) is 11.8. The Labute approximate surface area is 87.8 Å². The van der Waals surface area contributed by atoms with Gasteiger partial charge in [-0.15, -0.1) is 0 Å². The second kappa shape index (κ2) is 4.59. The maximum atomic E-state index is 11.8. The van der Waals surface area contributed by atoms with Crippen LogP contribution in [0, 0.1) is 0 Å². The Bertz CT molecular complexity index is 364. The van der Waals surface area contributed by atoms with E-state index in [1.54, 1.807) is 18.0 Å². The van der Waals surface area contributed by atoms with E-state index in [1.807, 2.05) is 0 Å². The van der Waals surface area contributed by atoms with Crippen molar-refractivity contribution in [2.24, 2.45) is 0 Å². The molecule has 0 amide bonds. The van der Waals surface area contributed by atoms with E-state index >= 15 is 0 Å². The molecular formula is C9H16N4O2. The lowest BCUT2D eigenvalue weighted by atomic mass is 10.3. The van der Waals surface area contributed by atoms with Gasteiger partial charge in [0.1, 0.15) is 6.33 Å². The Hall–Kier alpha value is -1.14. The van der Waals surface area contributed by atoms with E-state index in [0.29, 0.717) is 13.2 Å². The normalized spacial score (nSPS) is 21.0. The monoisotopic (exact) mass is 212 g/mol. The van der Waals surface area contributed by atoms with E-state index in [-0.39, 0.29) is 11.7 Å². The van der Waals surface area contributed by atoms with Crippen LogP contribution in [-0.2, 0) is 11.3 Å². The molecule has 0 unspecified atom stereocenters. The van der Waals surface area contributed by atoms with Crippen molar-refractivity contribution in [2.75, 3.05) is 26.8 Å². The average Bonchev–Trinajstić information content (AvgIpc) is 2.84. The van der Waals surface area contributed by atoms with Crippen molar-refractivity contribution >= 4 is 0 Å². The Morgan fingerprint density at radius 1 is 1.73 bits per heavy atom. The van der Waals surface area contributed by atoms with E-state index in [4.69, 9.17) is 4.74 Å². The zero-order valence-corrected chi connectivity index (χ0v) is 8.85. The fraction of sp³-hybridized carbons (Fsp3) is 0.778. The second-order valence-corrected chi connectivity index (χ2v) is 3.68. The van der Waals surface area contributed by atoms with Crippen molar-refractivity contribution in [3.63, 3.8) is 0 Å². The largest absolute Gasteiger partial charge is 0.383 e. The van der Waals surface area contributed by atoms with Crippen LogP contribution in [0.2, 0.25) is 0 Å². The Morgan fingerprint density at radius 2 is 2.60 bits per heavy atom. The number of hydrogen-bond acceptors (Lipinski definition) is 4. The number of ether oxygens (including phenoxy) is 1. The maximum Gasteiger partial charge on any atom is 0.346 e. The number of rotatable bonds is 4. The smallest absolute Gasteiger partial charge is 0.346 e. The van der Waals surface area contributed by atoms with Gasteiger partial charge in [0, 0.05) is 13.7 Å². The Balaban J connectivity index is 2.12. The zero-order valence-electron chi connectivity index (χ0n) is 8.85. The third-order valence-corrected chi connectivity index (χ3v) is 2.69. The summed E-state index contributed by atoms with van der Waals surface area (Å²) >= 11 is 0. The Kier molecular flexibility index (Phi) is 3.17. The first-order valence-corrected chi connectivity index (χ1v) is 5.16. The van der Waals surface area contributed by atoms with Gasteiger partial charge in [-0.3, -0.25) is 4.57 Å². The highest BCUT2D eigenvalue weighted by atomic mass is 16.5. The van der Waals surface area contributed by atoms with Crippen LogP contribution in [0.15, 0.2) is 11.1 Å². The molecule has 0 saturated carbocycles. The minimum Gasteiger partial charge on any atom is -0.383 e. The summed E-state index contributed by atoms with van der Waals surface area (Å²) in [6.45, 7) is 2.86. The summed E-state index contributed by atoms with van der Waals surface area (Å²) < 4.78 is 8.06. The molecule has 84 valence electrons. The molecule has 1 aliphatic heterocycles. The van der Waals surface area contributed by atoms with E-state index in [9.17, 15) is 4.79 Å². The molecule has 0 aliphatic carbocycles. The van der Waals surface area contributed by atoms with Gasteiger partial charge in [-0.1, -0.05) is 0 Å². The molecule has 0 bridgehead atoms. The maximum absolute atomic E-state index is 11.8. The molecule has 15 heavy (non-hydrogen) atoms. The molecule has 0 aromatic carbocycles. The van der Waals surface area contributed by atoms with Gasteiger partial charge in [0.2, 0.25) is 0 Å². The molecule has 6 nitrogen and oxygen atoms in total. The summed E-state index contributed by atoms with van der Waals surface area (Å²) in [5, 5.41) is 7.29. The van der Waals surface area contributed by atoms with Crippen LogP contribution in [0.25, 0.3) is 0 Å². The van der Waals surface area contributed by atoms with Gasteiger partial charge in [-0.05, 0) is 13.0 Å². The van der Waals surface area contributed by atoms with Gasteiger partial charge in [-0.25, -0.2) is 9.48 Å². The molecule has 1 aliphatic rings. The highest BCUT2D eigenvalue weighted by molar-refractivity contribution is 4.82. The van der Waals surface area contributed by atoms with Gasteiger partial charge in [0.15, 0.2) is 0 Å². The number of methoxy groups -OCH3 is 1. The molecule has 1 aromatic heterocycles. The molecule has 1 aromatic rings. The number of nitrogens with zero attached hydrogens (tertiary/aromatic N) is 3. The SMILES string of the molecule is COCCn1ncn([C@H]2CCNC2)c1=O. The van der Waals surface area contributed by atoms with Crippen LogP contribution >= 0.6 is 0 Å². The topological polar surface area (TPSA) is 61.1 Å². The van der Waals surface area contributed by atoms with E-state index in [0.717, 1.165) is 19.5 Å². The standard InChI is InChI=1S/C9H16N4O2/c1-15-5-4-13-9(14)12(7-11-13)8-2-3-10-6-8/h7-8,10H,2-6H2,1H3/t8-/m0/s1. The first-order chi connectivity index (χ1) is 7.33. The van der Waals surface area contributed by atoms with Crippen molar-refractivity contribution in [1.82, 2.24) is 19.7 Å². The fourth-order valence-corrected chi connectivity index (χ4v) is 1.81. The molecule has 1 fully saturated rings. The number of nitrogens with one attached hydrogen (secondary N) is 1. The van der Waals surface area contributed by atoms with Gasteiger partial charge in [0.25, 0.3) is 0 Å². The summed E-state index contributed by atoms with van der Waals surface area (Å²) in [5.41, 5.74) is -0.0410. The van der Waals surface area contributed by atoms with Crippen LogP contribution in [0.5, 0.6) is 0 Å². The molecule has 1 saturated heterocycles. The predicted octanol–water partition coefficient (Wildman–Crippen LogP) is -0.774. The molecule has 1 atom stereocenters. The summed E-state index contributed by atoms with van der Waals surface area (Å²) in [7, 11) is 1.61. The summed E-state index contributed by atoms with van der Waals surface area (Å²) in [6.07, 6.45) is 2.62. The number of aromatic nitrogens is 3. The minimum absolute atomic E-state index is 0.0410. The van der Waals surface area contributed by atoms with Crippen LogP contribution < -0.4 is 11.0 Å².